The molecule has 1 aliphatic heterocycles. The summed E-state index contributed by atoms with van der Waals surface area (Å²) in [5.41, 5.74) is 3.05. The molecule has 0 amide bonds. The van der Waals surface area contributed by atoms with Gasteiger partial charge in [-0.05, 0) is 38.8 Å². The highest BCUT2D eigenvalue weighted by atomic mass is 127. The van der Waals surface area contributed by atoms with E-state index in [0.29, 0.717) is 25.6 Å². The standard InChI is InChI=1S/C22H32N4O3.HI/c1-3-23-21(25-15-22(9-12-27)10-13-28-16-22)24-11-8-19-14-29-20(26-19)18-6-4-17(2)5-7-18;/h4-7,14,27H,3,8-13,15-16H2,1-2H3,(H2,23,24,25);1H. The van der Waals surface area contributed by atoms with Gasteiger partial charge in [0.15, 0.2) is 5.96 Å². The highest BCUT2D eigenvalue weighted by Crippen LogP contribution is 2.32. The normalized spacial score (nSPS) is 18.8. The number of aliphatic hydroxyl groups excluding tert-OH is 1. The molecule has 1 aromatic carbocycles. The summed E-state index contributed by atoms with van der Waals surface area (Å²) >= 11 is 0. The maximum absolute atomic E-state index is 9.37. The molecule has 0 bridgehead atoms. The van der Waals surface area contributed by atoms with E-state index in [2.05, 4.69) is 34.7 Å². The number of aromatic nitrogens is 1. The fourth-order valence-corrected chi connectivity index (χ4v) is 3.44. The van der Waals surface area contributed by atoms with E-state index in [4.69, 9.17) is 14.1 Å². The lowest BCUT2D eigenvalue weighted by molar-refractivity contribution is 0.131. The van der Waals surface area contributed by atoms with Crippen molar-refractivity contribution in [1.29, 1.82) is 0 Å². The summed E-state index contributed by atoms with van der Waals surface area (Å²) in [6.45, 7) is 7.82. The van der Waals surface area contributed by atoms with Crippen LogP contribution in [0.25, 0.3) is 11.5 Å². The number of nitrogens with zero attached hydrogens (tertiary/aromatic N) is 2. The number of aryl methyl sites for hydroxylation is 1. The highest BCUT2D eigenvalue weighted by Gasteiger charge is 2.34. The topological polar surface area (TPSA) is 91.9 Å². The predicted molar refractivity (Wildman–Crippen MR) is 129 cm³/mol. The van der Waals surface area contributed by atoms with Crippen LogP contribution in [0.15, 0.2) is 39.9 Å². The van der Waals surface area contributed by atoms with Crippen LogP contribution in [0.3, 0.4) is 0 Å². The summed E-state index contributed by atoms with van der Waals surface area (Å²) in [5.74, 6) is 1.42. The maximum Gasteiger partial charge on any atom is 0.226 e. The van der Waals surface area contributed by atoms with Gasteiger partial charge in [-0.15, -0.1) is 24.0 Å². The molecular formula is C22H33IN4O3. The van der Waals surface area contributed by atoms with Crippen molar-refractivity contribution in [2.24, 2.45) is 10.4 Å². The van der Waals surface area contributed by atoms with Crippen molar-refractivity contribution in [2.75, 3.05) is 39.5 Å². The minimum atomic E-state index is -0.0495. The molecule has 1 fully saturated rings. The van der Waals surface area contributed by atoms with Gasteiger partial charge in [0.2, 0.25) is 5.89 Å². The van der Waals surface area contributed by atoms with Gasteiger partial charge >= 0.3 is 0 Å². The van der Waals surface area contributed by atoms with Crippen molar-refractivity contribution in [2.45, 2.75) is 33.1 Å². The molecule has 1 aliphatic rings. The zero-order valence-corrected chi connectivity index (χ0v) is 20.1. The van der Waals surface area contributed by atoms with Crippen LogP contribution in [-0.4, -0.2) is 55.5 Å². The van der Waals surface area contributed by atoms with Crippen molar-refractivity contribution < 1.29 is 14.3 Å². The van der Waals surface area contributed by atoms with Crippen LogP contribution in [-0.2, 0) is 11.2 Å². The molecule has 7 nitrogen and oxygen atoms in total. The number of halogens is 1. The van der Waals surface area contributed by atoms with E-state index < -0.39 is 0 Å². The molecule has 0 radical (unpaired) electrons. The Bertz CT molecular complexity index is 786. The van der Waals surface area contributed by atoms with E-state index in [1.165, 1.54) is 5.56 Å². The van der Waals surface area contributed by atoms with E-state index >= 15 is 0 Å². The summed E-state index contributed by atoms with van der Waals surface area (Å²) < 4.78 is 11.2. The number of aliphatic hydroxyl groups is 1. The van der Waals surface area contributed by atoms with Crippen molar-refractivity contribution in [3.8, 4) is 11.5 Å². The Morgan fingerprint density at radius 3 is 2.73 bits per heavy atom. The van der Waals surface area contributed by atoms with Crippen LogP contribution < -0.4 is 10.6 Å². The van der Waals surface area contributed by atoms with E-state index in [0.717, 1.165) is 49.6 Å². The molecule has 0 saturated carbocycles. The van der Waals surface area contributed by atoms with Gasteiger partial charge in [0.05, 0.1) is 18.8 Å². The fraction of sp³-hybridized carbons (Fsp3) is 0.545. The Labute approximate surface area is 195 Å². The zero-order chi connectivity index (χ0) is 20.5. The van der Waals surface area contributed by atoms with Gasteiger partial charge in [-0.1, -0.05) is 17.7 Å². The third-order valence-corrected chi connectivity index (χ3v) is 5.27. The summed E-state index contributed by atoms with van der Waals surface area (Å²) in [6, 6.07) is 8.15. The van der Waals surface area contributed by atoms with E-state index in [9.17, 15) is 5.11 Å². The largest absolute Gasteiger partial charge is 0.444 e. The van der Waals surface area contributed by atoms with Crippen molar-refractivity contribution in [3.05, 3.63) is 41.8 Å². The minimum Gasteiger partial charge on any atom is -0.444 e. The Morgan fingerprint density at radius 2 is 2.07 bits per heavy atom. The number of hydrogen-bond acceptors (Lipinski definition) is 5. The molecular weight excluding hydrogens is 495 g/mol. The Kier molecular flexibility index (Phi) is 10.1. The van der Waals surface area contributed by atoms with Crippen LogP contribution in [0.1, 0.15) is 31.0 Å². The van der Waals surface area contributed by atoms with Crippen LogP contribution in [0.4, 0.5) is 0 Å². The van der Waals surface area contributed by atoms with Crippen LogP contribution in [0.5, 0.6) is 0 Å². The number of hydrogen-bond donors (Lipinski definition) is 3. The first-order chi connectivity index (χ1) is 14.1. The average Bonchev–Trinajstić information content (AvgIpc) is 3.37. The third kappa shape index (κ3) is 6.95. The van der Waals surface area contributed by atoms with E-state index in [1.54, 1.807) is 6.26 Å². The van der Waals surface area contributed by atoms with Crippen LogP contribution in [0.2, 0.25) is 0 Å². The number of nitrogens with one attached hydrogen (secondary N) is 2. The molecule has 3 rings (SSSR count). The SMILES string of the molecule is CCNC(=NCC1(CCO)CCOC1)NCCc1coc(-c2ccc(C)cc2)n1.I. The lowest BCUT2D eigenvalue weighted by atomic mass is 9.84. The smallest absolute Gasteiger partial charge is 0.226 e. The molecule has 2 aromatic rings. The second kappa shape index (κ2) is 12.3. The van der Waals surface area contributed by atoms with Crippen LogP contribution >= 0.6 is 24.0 Å². The molecule has 3 N–H and O–H groups in total. The minimum absolute atomic E-state index is 0. The first-order valence-electron chi connectivity index (χ1n) is 10.4. The third-order valence-electron chi connectivity index (χ3n) is 5.27. The van der Waals surface area contributed by atoms with E-state index in [-0.39, 0.29) is 36.0 Å². The van der Waals surface area contributed by atoms with Crippen molar-refractivity contribution >= 4 is 29.9 Å². The van der Waals surface area contributed by atoms with Gasteiger partial charge in [-0.2, -0.15) is 0 Å². The summed E-state index contributed by atoms with van der Waals surface area (Å²) in [5, 5.41) is 16.0. The van der Waals surface area contributed by atoms with Crippen LogP contribution in [0, 0.1) is 12.3 Å². The summed E-state index contributed by atoms with van der Waals surface area (Å²) in [4.78, 5) is 9.32. The Hall–Kier alpha value is -1.65. The number of ether oxygens (including phenoxy) is 1. The van der Waals surface area contributed by atoms with Gasteiger partial charge in [0.25, 0.3) is 0 Å². The Morgan fingerprint density at radius 1 is 1.27 bits per heavy atom. The molecule has 166 valence electrons. The summed E-state index contributed by atoms with van der Waals surface area (Å²) in [6.07, 6.45) is 4.12. The lowest BCUT2D eigenvalue weighted by Gasteiger charge is -2.24. The molecule has 1 saturated heterocycles. The van der Waals surface area contributed by atoms with Gasteiger partial charge in [0.1, 0.15) is 6.26 Å². The number of benzene rings is 1. The predicted octanol–water partition coefficient (Wildman–Crippen LogP) is 3.15. The van der Waals surface area contributed by atoms with Crippen molar-refractivity contribution in [1.82, 2.24) is 15.6 Å². The monoisotopic (exact) mass is 528 g/mol. The van der Waals surface area contributed by atoms with Gasteiger partial charge in [0, 0.05) is 43.7 Å². The molecule has 0 spiro atoms. The van der Waals surface area contributed by atoms with Crippen molar-refractivity contribution in [3.63, 3.8) is 0 Å². The molecule has 2 heterocycles. The van der Waals surface area contributed by atoms with Gasteiger partial charge in [-0.3, -0.25) is 4.99 Å². The molecule has 1 aromatic heterocycles. The quantitative estimate of drug-likeness (QED) is 0.263. The second-order valence-electron chi connectivity index (χ2n) is 7.66. The number of guanidine groups is 1. The molecule has 8 heteroatoms. The number of rotatable bonds is 9. The maximum atomic E-state index is 9.37. The molecule has 30 heavy (non-hydrogen) atoms. The first kappa shape index (κ1) is 24.6. The van der Waals surface area contributed by atoms with E-state index in [1.807, 2.05) is 19.1 Å². The first-order valence-corrected chi connectivity index (χ1v) is 10.4. The molecule has 1 atom stereocenters. The Balaban J connectivity index is 0.00000320. The fourth-order valence-electron chi connectivity index (χ4n) is 3.44. The summed E-state index contributed by atoms with van der Waals surface area (Å²) in [7, 11) is 0. The van der Waals surface area contributed by atoms with Gasteiger partial charge in [-0.25, -0.2) is 4.98 Å². The highest BCUT2D eigenvalue weighted by molar-refractivity contribution is 14.0. The van der Waals surface area contributed by atoms with Gasteiger partial charge < -0.3 is 24.9 Å². The number of oxazole rings is 1. The second-order valence-corrected chi connectivity index (χ2v) is 7.66. The lowest BCUT2D eigenvalue weighted by Crippen LogP contribution is -2.39. The molecule has 0 aliphatic carbocycles. The number of aliphatic imine (C=N–C) groups is 1. The molecule has 1 unspecified atom stereocenters. The average molecular weight is 528 g/mol. The zero-order valence-electron chi connectivity index (χ0n) is 17.8.